The van der Waals surface area contributed by atoms with Gasteiger partial charge < -0.3 is 9.47 Å². The first-order chi connectivity index (χ1) is 15.8. The molecule has 1 saturated heterocycles. The van der Waals surface area contributed by atoms with E-state index in [0.717, 1.165) is 89.6 Å². The number of benzene rings is 1. The van der Waals surface area contributed by atoms with E-state index >= 15 is 0 Å². The minimum absolute atomic E-state index is 0.0701. The van der Waals surface area contributed by atoms with Crippen molar-refractivity contribution in [1.29, 1.82) is 0 Å². The summed E-state index contributed by atoms with van der Waals surface area (Å²) in [6, 6.07) is 1.77. The Morgan fingerprint density at radius 3 is 1.76 bits per heavy atom. The first-order valence-electron chi connectivity index (χ1n) is 12.6. The van der Waals surface area contributed by atoms with Gasteiger partial charge in [0, 0.05) is 11.8 Å². The Balaban J connectivity index is 1.25. The van der Waals surface area contributed by atoms with E-state index in [1.807, 2.05) is 0 Å². The van der Waals surface area contributed by atoms with Crippen LogP contribution in [-0.4, -0.2) is 19.5 Å². The highest BCUT2D eigenvalue weighted by atomic mass is 19.4. The quantitative estimate of drug-likeness (QED) is 0.405. The van der Waals surface area contributed by atoms with Crippen molar-refractivity contribution in [2.75, 3.05) is 13.2 Å². The fourth-order valence-electron chi connectivity index (χ4n) is 6.32. The van der Waals surface area contributed by atoms with Gasteiger partial charge in [-0.1, -0.05) is 13.3 Å². The fraction of sp³-hybridized carbons (Fsp3) is 0.769. The standard InChI is InChI=1S/C26H35F5O2/c1-2-3-16-14-32-25(33-15-16)20-10-8-18(9-11-20)17-4-6-19(7-5-17)21-12-22(27)24(23(28)13-21)26(29,30)31/h12-13,16-20,25H,2-11,14-15H2,1H3. The summed E-state index contributed by atoms with van der Waals surface area (Å²) in [5.74, 6) is -0.906. The molecule has 4 rings (SSSR count). The van der Waals surface area contributed by atoms with E-state index in [9.17, 15) is 22.0 Å². The van der Waals surface area contributed by atoms with Gasteiger partial charge in [0.25, 0.3) is 0 Å². The molecule has 0 N–H and O–H groups in total. The Morgan fingerprint density at radius 2 is 1.27 bits per heavy atom. The Kier molecular flexibility index (Phi) is 7.99. The largest absolute Gasteiger partial charge is 0.422 e. The Labute approximate surface area is 193 Å². The fourth-order valence-corrected chi connectivity index (χ4v) is 6.32. The van der Waals surface area contributed by atoms with E-state index < -0.39 is 23.4 Å². The average Bonchev–Trinajstić information content (AvgIpc) is 2.79. The molecule has 3 aliphatic rings. The molecule has 1 aromatic rings. The third kappa shape index (κ3) is 5.90. The summed E-state index contributed by atoms with van der Waals surface area (Å²) < 4.78 is 78.6. The first-order valence-corrected chi connectivity index (χ1v) is 12.6. The zero-order chi connectivity index (χ0) is 23.6. The summed E-state index contributed by atoms with van der Waals surface area (Å²) in [4.78, 5) is 0. The van der Waals surface area contributed by atoms with Gasteiger partial charge in [0.05, 0.1) is 13.2 Å². The van der Waals surface area contributed by atoms with E-state index in [1.54, 1.807) is 0 Å². The number of ether oxygens (including phenoxy) is 2. The van der Waals surface area contributed by atoms with E-state index in [1.165, 1.54) is 0 Å². The monoisotopic (exact) mass is 474 g/mol. The van der Waals surface area contributed by atoms with Crippen LogP contribution in [0.3, 0.4) is 0 Å². The van der Waals surface area contributed by atoms with E-state index in [-0.39, 0.29) is 12.2 Å². The van der Waals surface area contributed by atoms with Gasteiger partial charge in [-0.25, -0.2) is 8.78 Å². The zero-order valence-electron chi connectivity index (χ0n) is 19.3. The minimum Gasteiger partial charge on any atom is -0.352 e. The Morgan fingerprint density at radius 1 is 0.788 bits per heavy atom. The zero-order valence-corrected chi connectivity index (χ0v) is 19.3. The highest BCUT2D eigenvalue weighted by molar-refractivity contribution is 5.30. The molecule has 2 saturated carbocycles. The van der Waals surface area contributed by atoms with Crippen molar-refractivity contribution >= 4 is 0 Å². The van der Waals surface area contributed by atoms with Crippen LogP contribution >= 0.6 is 0 Å². The summed E-state index contributed by atoms with van der Waals surface area (Å²) in [5.41, 5.74) is -1.43. The molecule has 0 unspecified atom stereocenters. The molecule has 0 aromatic heterocycles. The van der Waals surface area contributed by atoms with Gasteiger partial charge in [-0.15, -0.1) is 0 Å². The van der Waals surface area contributed by atoms with Crippen molar-refractivity contribution in [3.05, 3.63) is 34.9 Å². The van der Waals surface area contributed by atoms with Crippen molar-refractivity contribution in [2.24, 2.45) is 23.7 Å². The number of halogens is 5. The molecule has 1 aliphatic heterocycles. The van der Waals surface area contributed by atoms with Crippen LogP contribution in [0.15, 0.2) is 12.1 Å². The van der Waals surface area contributed by atoms with Crippen LogP contribution in [-0.2, 0) is 15.7 Å². The highest BCUT2D eigenvalue weighted by Crippen LogP contribution is 2.46. The molecule has 186 valence electrons. The van der Waals surface area contributed by atoms with Crippen molar-refractivity contribution in [2.45, 2.75) is 89.5 Å². The molecule has 7 heteroatoms. The number of alkyl halides is 3. The lowest BCUT2D eigenvalue weighted by Crippen LogP contribution is -2.39. The summed E-state index contributed by atoms with van der Waals surface area (Å²) in [6.07, 6.45) is 5.14. The smallest absolute Gasteiger partial charge is 0.352 e. The van der Waals surface area contributed by atoms with Gasteiger partial charge in [-0.3, -0.25) is 0 Å². The Bertz CT molecular complexity index is 748. The number of hydrogen-bond acceptors (Lipinski definition) is 2. The van der Waals surface area contributed by atoms with Crippen LogP contribution < -0.4 is 0 Å². The summed E-state index contributed by atoms with van der Waals surface area (Å²) >= 11 is 0. The highest BCUT2D eigenvalue weighted by Gasteiger charge is 2.39. The maximum atomic E-state index is 14.0. The maximum Gasteiger partial charge on any atom is 0.422 e. The van der Waals surface area contributed by atoms with Crippen LogP contribution in [0.2, 0.25) is 0 Å². The lowest BCUT2D eigenvalue weighted by Gasteiger charge is -2.41. The topological polar surface area (TPSA) is 18.5 Å². The lowest BCUT2D eigenvalue weighted by atomic mass is 9.68. The molecule has 3 fully saturated rings. The van der Waals surface area contributed by atoms with Crippen LogP contribution in [0.5, 0.6) is 0 Å². The van der Waals surface area contributed by atoms with Crippen LogP contribution in [0, 0.1) is 35.3 Å². The van der Waals surface area contributed by atoms with Gasteiger partial charge in [-0.2, -0.15) is 13.2 Å². The average molecular weight is 475 g/mol. The molecule has 0 bridgehead atoms. The third-order valence-corrected chi connectivity index (χ3v) is 8.15. The molecular formula is C26H35F5O2. The Hall–Kier alpha value is -1.21. The second-order valence-electron chi connectivity index (χ2n) is 10.3. The summed E-state index contributed by atoms with van der Waals surface area (Å²) in [5, 5.41) is 0. The molecule has 2 nitrogen and oxygen atoms in total. The number of rotatable bonds is 5. The molecule has 2 aliphatic carbocycles. The van der Waals surface area contributed by atoms with Gasteiger partial charge >= 0.3 is 6.18 Å². The predicted molar refractivity (Wildman–Crippen MR) is 116 cm³/mol. The van der Waals surface area contributed by atoms with Gasteiger partial charge in [0.15, 0.2) is 6.29 Å². The van der Waals surface area contributed by atoms with Gasteiger partial charge in [0.2, 0.25) is 0 Å². The van der Waals surface area contributed by atoms with Crippen molar-refractivity contribution in [3.63, 3.8) is 0 Å². The normalized spacial score (nSPS) is 33.8. The SMILES string of the molecule is CCCC1COC(C2CCC(C3CCC(c4cc(F)c(C(F)(F)F)c(F)c4)CC3)CC2)OC1. The van der Waals surface area contributed by atoms with Gasteiger partial charge in [0.1, 0.15) is 17.2 Å². The second-order valence-corrected chi connectivity index (χ2v) is 10.3. The third-order valence-electron chi connectivity index (χ3n) is 8.15. The van der Waals surface area contributed by atoms with Crippen molar-refractivity contribution in [1.82, 2.24) is 0 Å². The molecule has 0 radical (unpaired) electrons. The van der Waals surface area contributed by atoms with Crippen molar-refractivity contribution in [3.8, 4) is 0 Å². The van der Waals surface area contributed by atoms with E-state index in [0.29, 0.717) is 29.2 Å². The molecular weight excluding hydrogens is 439 g/mol. The molecule has 33 heavy (non-hydrogen) atoms. The summed E-state index contributed by atoms with van der Waals surface area (Å²) in [7, 11) is 0. The summed E-state index contributed by atoms with van der Waals surface area (Å²) in [6.45, 7) is 3.78. The number of hydrogen-bond donors (Lipinski definition) is 0. The predicted octanol–water partition coefficient (Wildman–Crippen LogP) is 7.85. The molecule has 0 spiro atoms. The van der Waals surface area contributed by atoms with Crippen molar-refractivity contribution < 1.29 is 31.4 Å². The lowest BCUT2D eigenvalue weighted by molar-refractivity contribution is -0.230. The van der Waals surface area contributed by atoms with Gasteiger partial charge in [-0.05, 0) is 93.2 Å². The molecule has 1 heterocycles. The van der Waals surface area contributed by atoms with Crippen LogP contribution in [0.4, 0.5) is 22.0 Å². The molecule has 0 amide bonds. The molecule has 0 atom stereocenters. The second kappa shape index (κ2) is 10.6. The van der Waals surface area contributed by atoms with E-state index in [4.69, 9.17) is 9.47 Å². The maximum absolute atomic E-state index is 14.0. The molecule has 1 aromatic carbocycles. The van der Waals surface area contributed by atoms with Crippen LogP contribution in [0.1, 0.15) is 88.2 Å². The van der Waals surface area contributed by atoms with E-state index in [2.05, 4.69) is 6.92 Å². The minimum atomic E-state index is -5.02. The van der Waals surface area contributed by atoms with Crippen LogP contribution in [0.25, 0.3) is 0 Å². The first kappa shape index (κ1) is 24.9.